The smallest absolute Gasteiger partial charge is 0.321 e. The molecule has 2 aromatic rings. The SMILES string of the molecule is COc1cccc([C@@H]2CN(C(=O)Nc3ccc(C)cc3)C[C@@H]2C(=O)NCC(C)C)c1OC. The lowest BCUT2D eigenvalue weighted by Gasteiger charge is -2.22. The molecule has 0 radical (unpaired) electrons. The van der Waals surface area contributed by atoms with Crippen LogP contribution in [0.4, 0.5) is 10.5 Å². The highest BCUT2D eigenvalue weighted by Gasteiger charge is 2.42. The van der Waals surface area contributed by atoms with E-state index in [2.05, 4.69) is 24.5 Å². The fourth-order valence-electron chi connectivity index (χ4n) is 4.03. The number of likely N-dealkylation sites (tertiary alicyclic amines) is 1. The lowest BCUT2D eigenvalue weighted by atomic mass is 9.87. The van der Waals surface area contributed by atoms with E-state index in [0.717, 1.165) is 16.8 Å². The highest BCUT2D eigenvalue weighted by Crippen LogP contribution is 2.42. The third kappa shape index (κ3) is 5.33. The average Bonchev–Trinajstić information content (AvgIpc) is 3.24. The van der Waals surface area contributed by atoms with Gasteiger partial charge >= 0.3 is 6.03 Å². The summed E-state index contributed by atoms with van der Waals surface area (Å²) in [4.78, 5) is 27.8. The third-order valence-corrected chi connectivity index (χ3v) is 5.76. The highest BCUT2D eigenvalue weighted by molar-refractivity contribution is 5.91. The molecule has 3 rings (SSSR count). The molecule has 172 valence electrons. The second-order valence-electron chi connectivity index (χ2n) is 8.64. The van der Waals surface area contributed by atoms with Crippen molar-refractivity contribution in [3.63, 3.8) is 0 Å². The van der Waals surface area contributed by atoms with Crippen LogP contribution in [-0.4, -0.2) is 50.7 Å². The number of carbonyl (C=O) groups excluding carboxylic acids is 2. The zero-order chi connectivity index (χ0) is 23.3. The highest BCUT2D eigenvalue weighted by atomic mass is 16.5. The molecule has 0 spiro atoms. The van der Waals surface area contributed by atoms with Crippen LogP contribution in [0, 0.1) is 18.8 Å². The lowest BCUT2D eigenvalue weighted by molar-refractivity contribution is -0.125. The van der Waals surface area contributed by atoms with Gasteiger partial charge in [-0.25, -0.2) is 4.79 Å². The van der Waals surface area contributed by atoms with Crippen molar-refractivity contribution in [2.75, 3.05) is 39.2 Å². The normalized spacial score (nSPS) is 17.9. The number of rotatable bonds is 7. The zero-order valence-electron chi connectivity index (χ0n) is 19.5. The maximum absolute atomic E-state index is 13.1. The number of nitrogens with zero attached hydrogens (tertiary/aromatic N) is 1. The van der Waals surface area contributed by atoms with E-state index in [0.29, 0.717) is 37.1 Å². The molecule has 7 nitrogen and oxygen atoms in total. The molecule has 0 aliphatic carbocycles. The molecule has 3 amide bonds. The quantitative estimate of drug-likeness (QED) is 0.683. The second kappa shape index (κ2) is 10.4. The van der Waals surface area contributed by atoms with Crippen LogP contribution in [0.25, 0.3) is 0 Å². The first kappa shape index (κ1) is 23.4. The van der Waals surface area contributed by atoms with Gasteiger partial charge in [0.05, 0.1) is 20.1 Å². The van der Waals surface area contributed by atoms with Gasteiger partial charge in [0.15, 0.2) is 11.5 Å². The predicted octanol–water partition coefficient (Wildman–Crippen LogP) is 4.03. The fourth-order valence-corrected chi connectivity index (χ4v) is 4.03. The van der Waals surface area contributed by atoms with E-state index in [1.54, 1.807) is 19.1 Å². The Labute approximate surface area is 190 Å². The first-order chi connectivity index (χ1) is 15.3. The summed E-state index contributed by atoms with van der Waals surface area (Å²) in [5.74, 6) is 0.885. The molecule has 1 saturated heterocycles. The monoisotopic (exact) mass is 439 g/mol. The van der Waals surface area contributed by atoms with Crippen LogP contribution in [0.1, 0.15) is 30.9 Å². The minimum absolute atomic E-state index is 0.0563. The Hall–Kier alpha value is -3.22. The van der Waals surface area contributed by atoms with Gasteiger partial charge in [-0.3, -0.25) is 4.79 Å². The van der Waals surface area contributed by atoms with Crippen molar-refractivity contribution in [1.82, 2.24) is 10.2 Å². The molecular formula is C25H33N3O4. The summed E-state index contributed by atoms with van der Waals surface area (Å²) in [5.41, 5.74) is 2.71. The van der Waals surface area contributed by atoms with Crippen LogP contribution in [0.5, 0.6) is 11.5 Å². The molecular weight excluding hydrogens is 406 g/mol. The lowest BCUT2D eigenvalue weighted by Crippen LogP contribution is -2.38. The number of hydrogen-bond donors (Lipinski definition) is 2. The van der Waals surface area contributed by atoms with Gasteiger partial charge in [-0.15, -0.1) is 0 Å². The zero-order valence-corrected chi connectivity index (χ0v) is 19.5. The summed E-state index contributed by atoms with van der Waals surface area (Å²) in [7, 11) is 3.18. The molecule has 7 heteroatoms. The van der Waals surface area contributed by atoms with Gasteiger partial charge in [-0.2, -0.15) is 0 Å². The molecule has 32 heavy (non-hydrogen) atoms. The van der Waals surface area contributed by atoms with Crippen LogP contribution in [-0.2, 0) is 4.79 Å². The number of para-hydroxylation sites is 1. The molecule has 0 bridgehead atoms. The molecule has 2 atom stereocenters. The predicted molar refractivity (Wildman–Crippen MR) is 125 cm³/mol. The molecule has 1 heterocycles. The number of anilines is 1. The maximum atomic E-state index is 13.1. The molecule has 0 saturated carbocycles. The topological polar surface area (TPSA) is 79.9 Å². The Bertz CT molecular complexity index is 943. The van der Waals surface area contributed by atoms with Crippen LogP contribution in [0.15, 0.2) is 42.5 Å². The molecule has 0 aromatic heterocycles. The van der Waals surface area contributed by atoms with Crippen molar-refractivity contribution < 1.29 is 19.1 Å². The van der Waals surface area contributed by atoms with Crippen LogP contribution in [0.2, 0.25) is 0 Å². The number of ether oxygens (including phenoxy) is 2. The van der Waals surface area contributed by atoms with Crippen molar-refractivity contribution in [2.45, 2.75) is 26.7 Å². The minimum atomic E-state index is -0.390. The number of carbonyl (C=O) groups is 2. The van der Waals surface area contributed by atoms with Crippen LogP contribution >= 0.6 is 0 Å². The largest absolute Gasteiger partial charge is 0.493 e. The number of benzene rings is 2. The number of urea groups is 1. The Morgan fingerprint density at radius 2 is 1.78 bits per heavy atom. The Morgan fingerprint density at radius 1 is 1.06 bits per heavy atom. The van der Waals surface area contributed by atoms with E-state index in [-0.39, 0.29) is 17.9 Å². The molecule has 0 unspecified atom stereocenters. The Balaban J connectivity index is 1.86. The number of hydrogen-bond acceptors (Lipinski definition) is 4. The first-order valence-electron chi connectivity index (χ1n) is 10.9. The van der Waals surface area contributed by atoms with Gasteiger partial charge < -0.3 is 25.0 Å². The summed E-state index contributed by atoms with van der Waals surface area (Å²) in [5, 5.41) is 5.98. The molecule has 2 N–H and O–H groups in total. The summed E-state index contributed by atoms with van der Waals surface area (Å²) in [6, 6.07) is 13.1. The number of methoxy groups -OCH3 is 2. The van der Waals surface area contributed by atoms with E-state index in [1.165, 1.54) is 0 Å². The molecule has 1 fully saturated rings. The van der Waals surface area contributed by atoms with Crippen molar-refractivity contribution in [3.05, 3.63) is 53.6 Å². The second-order valence-corrected chi connectivity index (χ2v) is 8.64. The minimum Gasteiger partial charge on any atom is -0.493 e. The van der Waals surface area contributed by atoms with Gasteiger partial charge in [0.1, 0.15) is 0 Å². The van der Waals surface area contributed by atoms with E-state index in [9.17, 15) is 9.59 Å². The van der Waals surface area contributed by atoms with Gasteiger partial charge in [0.25, 0.3) is 0 Å². The van der Waals surface area contributed by atoms with E-state index in [4.69, 9.17) is 9.47 Å². The third-order valence-electron chi connectivity index (χ3n) is 5.76. The van der Waals surface area contributed by atoms with Gasteiger partial charge in [0, 0.05) is 36.8 Å². The summed E-state index contributed by atoms with van der Waals surface area (Å²) in [6.45, 7) is 7.43. The standard InChI is InChI=1S/C25H33N3O4/c1-16(2)13-26-24(29)21-15-28(25(30)27-18-11-9-17(3)10-12-18)14-20(21)19-7-6-8-22(31-4)23(19)32-5/h6-12,16,20-21H,13-15H2,1-5H3,(H,26,29)(H,27,30)/t20-,21-/m0/s1. The summed E-state index contributed by atoms with van der Waals surface area (Å²) in [6.07, 6.45) is 0. The number of amides is 3. The molecule has 2 aromatic carbocycles. The van der Waals surface area contributed by atoms with Gasteiger partial charge in [-0.1, -0.05) is 43.7 Å². The number of aryl methyl sites for hydroxylation is 1. The Kier molecular flexibility index (Phi) is 7.62. The van der Waals surface area contributed by atoms with Crippen molar-refractivity contribution >= 4 is 17.6 Å². The Morgan fingerprint density at radius 3 is 2.41 bits per heavy atom. The summed E-state index contributed by atoms with van der Waals surface area (Å²) < 4.78 is 11.1. The van der Waals surface area contributed by atoms with Crippen molar-refractivity contribution in [3.8, 4) is 11.5 Å². The van der Waals surface area contributed by atoms with Crippen molar-refractivity contribution in [2.24, 2.45) is 11.8 Å². The summed E-state index contributed by atoms with van der Waals surface area (Å²) >= 11 is 0. The molecule has 1 aliphatic rings. The van der Waals surface area contributed by atoms with Gasteiger partial charge in [0.2, 0.25) is 5.91 Å². The van der Waals surface area contributed by atoms with Crippen LogP contribution in [0.3, 0.4) is 0 Å². The van der Waals surface area contributed by atoms with E-state index >= 15 is 0 Å². The molecule has 1 aliphatic heterocycles. The average molecular weight is 440 g/mol. The van der Waals surface area contributed by atoms with E-state index in [1.807, 2.05) is 49.4 Å². The maximum Gasteiger partial charge on any atom is 0.321 e. The van der Waals surface area contributed by atoms with Gasteiger partial charge in [-0.05, 0) is 31.0 Å². The van der Waals surface area contributed by atoms with E-state index < -0.39 is 5.92 Å². The fraction of sp³-hybridized carbons (Fsp3) is 0.440. The van der Waals surface area contributed by atoms with Crippen LogP contribution < -0.4 is 20.1 Å². The van der Waals surface area contributed by atoms with Crippen molar-refractivity contribution in [1.29, 1.82) is 0 Å². The number of nitrogens with one attached hydrogen (secondary N) is 2. The first-order valence-corrected chi connectivity index (χ1v) is 10.9.